The van der Waals surface area contributed by atoms with Crippen LogP contribution in [0.4, 0.5) is 0 Å². The molecule has 0 aliphatic heterocycles. The lowest BCUT2D eigenvalue weighted by molar-refractivity contribution is 0.316. The SMILES string of the molecule is COc1ccc(C(Br)CC2CCCCC2)c(OC)c1OC. The summed E-state index contributed by atoms with van der Waals surface area (Å²) in [4.78, 5) is 0.287. The quantitative estimate of drug-likeness (QED) is 0.662. The summed E-state index contributed by atoms with van der Waals surface area (Å²) in [6, 6.07) is 4.02. The number of benzene rings is 1. The Morgan fingerprint density at radius 2 is 1.67 bits per heavy atom. The minimum absolute atomic E-state index is 0.287. The van der Waals surface area contributed by atoms with Crippen LogP contribution in [0.1, 0.15) is 48.9 Å². The fourth-order valence-electron chi connectivity index (χ4n) is 3.21. The molecule has 0 bridgehead atoms. The Bertz CT molecular complexity index is 456. The lowest BCUT2D eigenvalue weighted by Crippen LogP contribution is -2.09. The van der Waals surface area contributed by atoms with E-state index < -0.39 is 0 Å². The van der Waals surface area contributed by atoms with E-state index in [0.717, 1.165) is 23.7 Å². The van der Waals surface area contributed by atoms with Gasteiger partial charge in [-0.1, -0.05) is 54.1 Å². The maximum Gasteiger partial charge on any atom is 0.203 e. The van der Waals surface area contributed by atoms with Crippen molar-refractivity contribution in [2.75, 3.05) is 21.3 Å². The predicted octanol–water partition coefficient (Wildman–Crippen LogP) is 5.12. The largest absolute Gasteiger partial charge is 0.493 e. The summed E-state index contributed by atoms with van der Waals surface area (Å²) in [6.07, 6.45) is 7.96. The Balaban J connectivity index is 2.21. The molecule has 1 unspecified atom stereocenters. The summed E-state index contributed by atoms with van der Waals surface area (Å²) in [5.41, 5.74) is 1.14. The average molecular weight is 357 g/mol. The van der Waals surface area contributed by atoms with Crippen molar-refractivity contribution in [2.45, 2.75) is 43.4 Å². The van der Waals surface area contributed by atoms with Crippen LogP contribution in [0.15, 0.2) is 12.1 Å². The van der Waals surface area contributed by atoms with Gasteiger partial charge < -0.3 is 14.2 Å². The van der Waals surface area contributed by atoms with Gasteiger partial charge in [0.05, 0.1) is 21.3 Å². The number of ether oxygens (including phenoxy) is 3. The molecule has 1 fully saturated rings. The molecule has 0 spiro atoms. The van der Waals surface area contributed by atoms with Crippen molar-refractivity contribution in [1.29, 1.82) is 0 Å². The third-order valence-corrected chi connectivity index (χ3v) is 5.20. The smallest absolute Gasteiger partial charge is 0.203 e. The van der Waals surface area contributed by atoms with Gasteiger partial charge in [0.25, 0.3) is 0 Å². The van der Waals surface area contributed by atoms with Gasteiger partial charge >= 0.3 is 0 Å². The molecule has 0 radical (unpaired) electrons. The van der Waals surface area contributed by atoms with Crippen LogP contribution in [0.25, 0.3) is 0 Å². The standard InChI is InChI=1S/C17H25BrO3/c1-19-15-10-9-13(16(20-2)17(15)21-3)14(18)11-12-7-5-4-6-8-12/h9-10,12,14H,4-8,11H2,1-3H3. The molecule has 1 aliphatic rings. The van der Waals surface area contributed by atoms with Gasteiger partial charge in [-0.25, -0.2) is 0 Å². The number of hydrogen-bond donors (Lipinski definition) is 0. The van der Waals surface area contributed by atoms with E-state index in [1.54, 1.807) is 21.3 Å². The minimum Gasteiger partial charge on any atom is -0.493 e. The lowest BCUT2D eigenvalue weighted by atomic mass is 9.85. The molecule has 1 aromatic carbocycles. The zero-order valence-corrected chi connectivity index (χ0v) is 14.7. The van der Waals surface area contributed by atoms with Gasteiger partial charge in [0.15, 0.2) is 11.5 Å². The van der Waals surface area contributed by atoms with E-state index in [1.165, 1.54) is 32.1 Å². The zero-order valence-electron chi connectivity index (χ0n) is 13.2. The second kappa shape index (κ2) is 7.92. The first-order valence-corrected chi connectivity index (χ1v) is 8.55. The zero-order chi connectivity index (χ0) is 15.2. The fourth-order valence-corrected chi connectivity index (χ4v) is 4.10. The highest BCUT2D eigenvalue weighted by molar-refractivity contribution is 9.09. The summed E-state index contributed by atoms with van der Waals surface area (Å²) in [5, 5.41) is 0. The third-order valence-electron chi connectivity index (χ3n) is 4.34. The Morgan fingerprint density at radius 1 is 1.00 bits per heavy atom. The fraction of sp³-hybridized carbons (Fsp3) is 0.647. The highest BCUT2D eigenvalue weighted by Crippen LogP contribution is 2.46. The second-order valence-corrected chi connectivity index (χ2v) is 6.74. The Kier molecular flexibility index (Phi) is 6.22. The van der Waals surface area contributed by atoms with Gasteiger partial charge in [0.2, 0.25) is 5.75 Å². The van der Waals surface area contributed by atoms with E-state index in [1.807, 2.05) is 6.07 Å². The van der Waals surface area contributed by atoms with Gasteiger partial charge in [-0.2, -0.15) is 0 Å². The highest BCUT2D eigenvalue weighted by atomic mass is 79.9. The van der Waals surface area contributed by atoms with Crippen molar-refractivity contribution in [2.24, 2.45) is 5.92 Å². The normalized spacial score (nSPS) is 17.3. The third kappa shape index (κ3) is 3.85. The van der Waals surface area contributed by atoms with Crippen LogP contribution in [0, 0.1) is 5.92 Å². The molecule has 0 amide bonds. The molecular weight excluding hydrogens is 332 g/mol. The topological polar surface area (TPSA) is 27.7 Å². The maximum absolute atomic E-state index is 5.59. The van der Waals surface area contributed by atoms with E-state index in [9.17, 15) is 0 Å². The van der Waals surface area contributed by atoms with Crippen LogP contribution >= 0.6 is 15.9 Å². The minimum atomic E-state index is 0.287. The van der Waals surface area contributed by atoms with Crippen molar-refractivity contribution in [1.82, 2.24) is 0 Å². The van der Waals surface area contributed by atoms with Crippen LogP contribution in [0.2, 0.25) is 0 Å². The molecule has 0 N–H and O–H groups in total. The molecular formula is C17H25BrO3. The van der Waals surface area contributed by atoms with Crippen molar-refractivity contribution < 1.29 is 14.2 Å². The first-order valence-electron chi connectivity index (χ1n) is 7.64. The lowest BCUT2D eigenvalue weighted by Gasteiger charge is -2.25. The number of rotatable bonds is 6. The van der Waals surface area contributed by atoms with E-state index in [-0.39, 0.29) is 4.83 Å². The van der Waals surface area contributed by atoms with Gasteiger partial charge in [0, 0.05) is 10.4 Å². The number of methoxy groups -OCH3 is 3. The van der Waals surface area contributed by atoms with Crippen molar-refractivity contribution in [3.05, 3.63) is 17.7 Å². The van der Waals surface area contributed by atoms with Gasteiger partial charge in [-0.05, 0) is 18.4 Å². The molecule has 1 atom stereocenters. The van der Waals surface area contributed by atoms with E-state index in [0.29, 0.717) is 11.5 Å². The maximum atomic E-state index is 5.59. The monoisotopic (exact) mass is 356 g/mol. The van der Waals surface area contributed by atoms with Crippen LogP contribution < -0.4 is 14.2 Å². The Labute approximate surface area is 136 Å². The van der Waals surface area contributed by atoms with Crippen molar-refractivity contribution in [3.8, 4) is 17.2 Å². The molecule has 0 heterocycles. The molecule has 118 valence electrons. The molecule has 0 aromatic heterocycles. The van der Waals surface area contributed by atoms with Crippen LogP contribution in [-0.4, -0.2) is 21.3 Å². The molecule has 1 saturated carbocycles. The number of hydrogen-bond acceptors (Lipinski definition) is 3. The molecule has 1 aliphatic carbocycles. The van der Waals surface area contributed by atoms with Gasteiger partial charge in [-0.3, -0.25) is 0 Å². The Hall–Kier alpha value is -0.900. The van der Waals surface area contributed by atoms with Crippen LogP contribution in [-0.2, 0) is 0 Å². The average Bonchev–Trinajstić information content (AvgIpc) is 2.53. The molecule has 1 aromatic rings. The predicted molar refractivity (Wildman–Crippen MR) is 89.0 cm³/mol. The summed E-state index contributed by atoms with van der Waals surface area (Å²) in [7, 11) is 4.97. The summed E-state index contributed by atoms with van der Waals surface area (Å²) in [5.74, 6) is 2.96. The van der Waals surface area contributed by atoms with E-state index in [4.69, 9.17) is 14.2 Å². The van der Waals surface area contributed by atoms with Crippen molar-refractivity contribution in [3.63, 3.8) is 0 Å². The molecule has 2 rings (SSSR count). The highest BCUT2D eigenvalue weighted by Gasteiger charge is 2.24. The molecule has 4 heteroatoms. The number of halogens is 1. The first kappa shape index (κ1) is 16.5. The Morgan fingerprint density at radius 3 is 2.24 bits per heavy atom. The van der Waals surface area contributed by atoms with Crippen LogP contribution in [0.5, 0.6) is 17.2 Å². The molecule has 0 saturated heterocycles. The molecule has 21 heavy (non-hydrogen) atoms. The van der Waals surface area contributed by atoms with Crippen LogP contribution in [0.3, 0.4) is 0 Å². The van der Waals surface area contributed by atoms with E-state index in [2.05, 4.69) is 22.0 Å². The summed E-state index contributed by atoms with van der Waals surface area (Å²) < 4.78 is 16.4. The summed E-state index contributed by atoms with van der Waals surface area (Å²) in [6.45, 7) is 0. The van der Waals surface area contributed by atoms with Gasteiger partial charge in [-0.15, -0.1) is 0 Å². The molecule has 3 nitrogen and oxygen atoms in total. The van der Waals surface area contributed by atoms with E-state index >= 15 is 0 Å². The van der Waals surface area contributed by atoms with Gasteiger partial charge in [0.1, 0.15) is 0 Å². The second-order valence-electron chi connectivity index (χ2n) is 5.63. The van der Waals surface area contributed by atoms with Crippen molar-refractivity contribution >= 4 is 15.9 Å². The first-order chi connectivity index (χ1) is 10.2. The number of alkyl halides is 1. The summed E-state index contributed by atoms with van der Waals surface area (Å²) >= 11 is 3.85.